The summed E-state index contributed by atoms with van der Waals surface area (Å²) in [4.78, 5) is 22.9. The van der Waals surface area contributed by atoms with Gasteiger partial charge in [-0.1, -0.05) is 0 Å². The van der Waals surface area contributed by atoms with Crippen LogP contribution in [0.3, 0.4) is 0 Å². The highest BCUT2D eigenvalue weighted by molar-refractivity contribution is 5.80. The Bertz CT molecular complexity index is 575. The molecule has 0 aromatic carbocycles. The molecule has 0 unspecified atom stereocenters. The summed E-state index contributed by atoms with van der Waals surface area (Å²) in [7, 11) is 0. The minimum Gasteiger partial charge on any atom is -0.381 e. The molecule has 1 aromatic heterocycles. The van der Waals surface area contributed by atoms with Crippen molar-refractivity contribution in [3.8, 4) is 0 Å². The number of carbonyl (C=O) groups excluding carboxylic acids is 1. The zero-order chi connectivity index (χ0) is 17.1. The van der Waals surface area contributed by atoms with Crippen LogP contribution < -0.4 is 5.32 Å². The highest BCUT2D eigenvalue weighted by Crippen LogP contribution is 2.37. The van der Waals surface area contributed by atoms with Gasteiger partial charge in [0.2, 0.25) is 11.9 Å². The lowest BCUT2D eigenvalue weighted by atomic mass is 9.82. The molecule has 1 amide bonds. The maximum Gasteiger partial charge on any atom is 0.226 e. The van der Waals surface area contributed by atoms with Crippen LogP contribution in [0.1, 0.15) is 25.7 Å². The normalized spacial score (nSPS) is 26.2. The van der Waals surface area contributed by atoms with Crippen molar-refractivity contribution in [2.45, 2.75) is 31.3 Å². The van der Waals surface area contributed by atoms with Crippen molar-refractivity contribution in [3.63, 3.8) is 0 Å². The van der Waals surface area contributed by atoms with Crippen LogP contribution in [0, 0.1) is 11.8 Å². The van der Waals surface area contributed by atoms with E-state index in [1.807, 2.05) is 11.0 Å². The van der Waals surface area contributed by atoms with Crippen molar-refractivity contribution >= 4 is 11.9 Å². The number of nitrogens with one attached hydrogen (secondary N) is 1. The predicted molar refractivity (Wildman–Crippen MR) is 92.1 cm³/mol. The number of aromatic nitrogens is 2. The van der Waals surface area contributed by atoms with Crippen molar-refractivity contribution in [1.29, 1.82) is 0 Å². The summed E-state index contributed by atoms with van der Waals surface area (Å²) in [5, 5.41) is 3.27. The van der Waals surface area contributed by atoms with Gasteiger partial charge in [-0.3, -0.25) is 4.79 Å². The van der Waals surface area contributed by atoms with E-state index in [1.54, 1.807) is 12.4 Å². The van der Waals surface area contributed by atoms with E-state index >= 15 is 0 Å². The fourth-order valence-electron chi connectivity index (χ4n) is 3.96. The molecule has 136 valence electrons. The summed E-state index contributed by atoms with van der Waals surface area (Å²) in [6.07, 6.45) is 7.32. The monoisotopic (exact) mass is 346 g/mol. The van der Waals surface area contributed by atoms with E-state index in [0.29, 0.717) is 31.0 Å². The molecule has 4 rings (SSSR count). The van der Waals surface area contributed by atoms with E-state index in [2.05, 4.69) is 15.3 Å². The van der Waals surface area contributed by atoms with Crippen LogP contribution in [-0.4, -0.2) is 65.8 Å². The van der Waals surface area contributed by atoms with Crippen LogP contribution in [0.4, 0.5) is 5.95 Å². The maximum absolute atomic E-state index is 12.5. The molecular weight excluding hydrogens is 320 g/mol. The second kappa shape index (κ2) is 7.25. The van der Waals surface area contributed by atoms with Crippen molar-refractivity contribution in [2.24, 2.45) is 11.8 Å². The average Bonchev–Trinajstić information content (AvgIpc) is 2.66. The summed E-state index contributed by atoms with van der Waals surface area (Å²) in [5.41, 5.74) is -0.0967. The third kappa shape index (κ3) is 3.77. The van der Waals surface area contributed by atoms with Crippen molar-refractivity contribution < 1.29 is 14.3 Å². The zero-order valence-corrected chi connectivity index (χ0v) is 14.5. The number of carbonyl (C=O) groups is 1. The van der Waals surface area contributed by atoms with Gasteiger partial charge >= 0.3 is 0 Å². The minimum absolute atomic E-state index is 0.0967. The smallest absolute Gasteiger partial charge is 0.226 e. The molecule has 25 heavy (non-hydrogen) atoms. The first kappa shape index (κ1) is 16.7. The van der Waals surface area contributed by atoms with E-state index in [-0.39, 0.29) is 11.5 Å². The molecule has 0 saturated carbocycles. The zero-order valence-electron chi connectivity index (χ0n) is 14.5. The quantitative estimate of drug-likeness (QED) is 0.886. The van der Waals surface area contributed by atoms with Crippen LogP contribution in [0.5, 0.6) is 0 Å². The van der Waals surface area contributed by atoms with Crippen LogP contribution in [0.15, 0.2) is 18.5 Å². The first-order valence-electron chi connectivity index (χ1n) is 9.25. The van der Waals surface area contributed by atoms with Gasteiger partial charge in [0.25, 0.3) is 0 Å². The largest absolute Gasteiger partial charge is 0.381 e. The van der Waals surface area contributed by atoms with Crippen molar-refractivity contribution in [1.82, 2.24) is 14.9 Å². The number of amides is 1. The maximum atomic E-state index is 12.5. The number of rotatable bonds is 4. The van der Waals surface area contributed by atoms with Gasteiger partial charge in [0, 0.05) is 38.1 Å². The van der Waals surface area contributed by atoms with E-state index in [1.165, 1.54) is 0 Å². The first-order valence-corrected chi connectivity index (χ1v) is 9.25. The van der Waals surface area contributed by atoms with Crippen LogP contribution >= 0.6 is 0 Å². The van der Waals surface area contributed by atoms with E-state index < -0.39 is 0 Å². The second-order valence-electron chi connectivity index (χ2n) is 7.43. The van der Waals surface area contributed by atoms with Crippen LogP contribution in [-0.2, 0) is 14.3 Å². The SMILES string of the molecule is O=C(C1CCOCC1)N1CC2(CC[C@H](CNc3ncccn3)CO2)C1. The Balaban J connectivity index is 1.20. The second-order valence-corrected chi connectivity index (χ2v) is 7.43. The fraction of sp³-hybridized carbons (Fsp3) is 0.722. The molecule has 1 N–H and O–H groups in total. The third-order valence-electron chi connectivity index (χ3n) is 5.59. The summed E-state index contributed by atoms with van der Waals surface area (Å²) < 4.78 is 11.5. The summed E-state index contributed by atoms with van der Waals surface area (Å²) in [6, 6.07) is 1.81. The Morgan fingerprint density at radius 3 is 2.68 bits per heavy atom. The van der Waals surface area contributed by atoms with Gasteiger partial charge < -0.3 is 19.7 Å². The average molecular weight is 346 g/mol. The first-order chi connectivity index (χ1) is 12.2. The molecular formula is C18H26N4O3. The highest BCUT2D eigenvalue weighted by Gasteiger charge is 2.49. The van der Waals surface area contributed by atoms with Gasteiger partial charge in [0.15, 0.2) is 0 Å². The van der Waals surface area contributed by atoms with E-state index in [0.717, 1.165) is 51.9 Å². The lowest BCUT2D eigenvalue weighted by Gasteiger charge is -2.53. The van der Waals surface area contributed by atoms with Gasteiger partial charge in [-0.15, -0.1) is 0 Å². The molecule has 0 aliphatic carbocycles. The van der Waals surface area contributed by atoms with Crippen LogP contribution in [0.2, 0.25) is 0 Å². The van der Waals surface area contributed by atoms with Crippen molar-refractivity contribution in [3.05, 3.63) is 18.5 Å². The molecule has 0 bridgehead atoms. The summed E-state index contributed by atoms with van der Waals surface area (Å²) in [5.74, 6) is 1.58. The van der Waals surface area contributed by atoms with Crippen LogP contribution in [0.25, 0.3) is 0 Å². The molecule has 0 radical (unpaired) electrons. The van der Waals surface area contributed by atoms with Crippen molar-refractivity contribution in [2.75, 3.05) is 44.8 Å². The van der Waals surface area contributed by atoms with E-state index in [9.17, 15) is 4.79 Å². The van der Waals surface area contributed by atoms with Gasteiger partial charge in [-0.05, 0) is 37.7 Å². The standard InChI is InChI=1S/C18H26N4O3/c23-16(15-3-8-24-9-4-15)22-12-18(13-22)5-2-14(11-25-18)10-21-17-19-6-1-7-20-17/h1,6-7,14-15H,2-5,8-13H2,(H,19,20,21)/t14-/m1/s1. The molecule has 1 spiro atoms. The lowest BCUT2D eigenvalue weighted by Crippen LogP contribution is -2.67. The number of likely N-dealkylation sites (tertiary alicyclic amines) is 1. The van der Waals surface area contributed by atoms with E-state index in [4.69, 9.17) is 9.47 Å². The third-order valence-corrected chi connectivity index (χ3v) is 5.59. The minimum atomic E-state index is -0.0967. The summed E-state index contributed by atoms with van der Waals surface area (Å²) in [6.45, 7) is 4.50. The number of nitrogens with zero attached hydrogens (tertiary/aromatic N) is 3. The number of ether oxygens (including phenoxy) is 2. The lowest BCUT2D eigenvalue weighted by molar-refractivity contribution is -0.191. The topological polar surface area (TPSA) is 76.6 Å². The van der Waals surface area contributed by atoms with Gasteiger partial charge in [0.05, 0.1) is 19.7 Å². The highest BCUT2D eigenvalue weighted by atomic mass is 16.5. The molecule has 4 heterocycles. The molecule has 3 aliphatic rings. The number of anilines is 1. The van der Waals surface area contributed by atoms with Gasteiger partial charge in [0.1, 0.15) is 5.60 Å². The predicted octanol–water partition coefficient (Wildman–Crippen LogP) is 1.32. The Hall–Kier alpha value is -1.73. The Labute approximate surface area is 148 Å². The Kier molecular flexibility index (Phi) is 4.85. The van der Waals surface area contributed by atoms with Gasteiger partial charge in [-0.25, -0.2) is 9.97 Å². The molecule has 1 aromatic rings. The number of hydrogen-bond donors (Lipinski definition) is 1. The molecule has 1 atom stereocenters. The molecule has 7 nitrogen and oxygen atoms in total. The molecule has 7 heteroatoms. The molecule has 3 saturated heterocycles. The molecule has 3 fully saturated rings. The van der Waals surface area contributed by atoms with Gasteiger partial charge in [-0.2, -0.15) is 0 Å². The summed E-state index contributed by atoms with van der Waals surface area (Å²) >= 11 is 0. The molecule has 3 aliphatic heterocycles. The fourth-order valence-corrected chi connectivity index (χ4v) is 3.96. The Morgan fingerprint density at radius 1 is 1.24 bits per heavy atom. The number of hydrogen-bond acceptors (Lipinski definition) is 6. The Morgan fingerprint density at radius 2 is 2.00 bits per heavy atom.